The third-order valence-corrected chi connectivity index (χ3v) is 3.08. The van der Waals surface area contributed by atoms with E-state index in [1.165, 1.54) is 18.4 Å². The summed E-state index contributed by atoms with van der Waals surface area (Å²) >= 11 is 0. The van der Waals surface area contributed by atoms with E-state index in [9.17, 15) is 4.79 Å². The van der Waals surface area contributed by atoms with Crippen molar-refractivity contribution in [3.8, 4) is 5.75 Å². The Kier molecular flexibility index (Phi) is 4.84. The number of rotatable bonds is 4. The zero-order chi connectivity index (χ0) is 13.5. The van der Waals surface area contributed by atoms with Crippen molar-refractivity contribution in [2.24, 2.45) is 0 Å². The first-order valence-corrected chi connectivity index (χ1v) is 6.76. The Morgan fingerprint density at radius 2 is 1.95 bits per heavy atom. The van der Waals surface area contributed by atoms with E-state index < -0.39 is 0 Å². The van der Waals surface area contributed by atoms with Crippen molar-refractivity contribution in [1.29, 1.82) is 0 Å². The lowest BCUT2D eigenvalue weighted by molar-refractivity contribution is 0.255. The Labute approximate surface area is 113 Å². The molecular weight excluding hydrogens is 240 g/mol. The van der Waals surface area contributed by atoms with Gasteiger partial charge in [-0.15, -0.1) is 0 Å². The fraction of sp³-hybridized carbons (Fsp3) is 0.400. The number of carbonyl (C=O) groups excluding carboxylic acids is 1. The summed E-state index contributed by atoms with van der Waals surface area (Å²) in [4.78, 5) is 11.7. The van der Waals surface area contributed by atoms with Crippen LogP contribution in [0.3, 0.4) is 0 Å². The second-order valence-electron chi connectivity index (χ2n) is 4.57. The van der Waals surface area contributed by atoms with Crippen LogP contribution in [0.1, 0.15) is 32.6 Å². The first kappa shape index (κ1) is 13.5. The van der Waals surface area contributed by atoms with E-state index in [1.54, 1.807) is 0 Å². The number of carbonyl (C=O) groups is 1. The fourth-order valence-corrected chi connectivity index (χ4v) is 2.11. The lowest BCUT2D eigenvalue weighted by Crippen LogP contribution is -2.24. The molecule has 0 saturated heterocycles. The van der Waals surface area contributed by atoms with Crippen LogP contribution in [0.4, 0.5) is 10.5 Å². The van der Waals surface area contributed by atoms with E-state index in [1.807, 2.05) is 37.4 Å². The van der Waals surface area contributed by atoms with Crippen molar-refractivity contribution in [3.05, 3.63) is 36.0 Å². The van der Waals surface area contributed by atoms with E-state index in [2.05, 4.69) is 10.6 Å². The highest BCUT2D eigenvalue weighted by molar-refractivity contribution is 5.89. The van der Waals surface area contributed by atoms with Gasteiger partial charge in [0.25, 0.3) is 0 Å². The molecule has 2 amide bonds. The molecule has 4 nitrogen and oxygen atoms in total. The first-order chi connectivity index (χ1) is 9.28. The average molecular weight is 260 g/mol. The summed E-state index contributed by atoms with van der Waals surface area (Å²) in [6, 6.07) is 7.13. The maximum atomic E-state index is 11.7. The Bertz CT molecular complexity index is 444. The molecule has 1 aliphatic rings. The number of amides is 2. The fourth-order valence-electron chi connectivity index (χ4n) is 2.11. The van der Waals surface area contributed by atoms with E-state index in [0.717, 1.165) is 24.3 Å². The van der Waals surface area contributed by atoms with Gasteiger partial charge in [0.2, 0.25) is 0 Å². The van der Waals surface area contributed by atoms with Crippen molar-refractivity contribution in [1.82, 2.24) is 5.32 Å². The van der Waals surface area contributed by atoms with Crippen molar-refractivity contribution in [2.45, 2.75) is 32.6 Å². The normalized spacial score (nSPS) is 14.1. The molecule has 4 heteroatoms. The second-order valence-corrected chi connectivity index (χ2v) is 4.57. The molecule has 1 aromatic carbocycles. The van der Waals surface area contributed by atoms with Crippen LogP contribution in [0.5, 0.6) is 5.75 Å². The van der Waals surface area contributed by atoms with Gasteiger partial charge in [0.1, 0.15) is 5.75 Å². The number of benzene rings is 1. The summed E-state index contributed by atoms with van der Waals surface area (Å²) in [7, 11) is 0. The number of hydrogen-bond donors (Lipinski definition) is 2. The summed E-state index contributed by atoms with van der Waals surface area (Å²) < 4.78 is 5.34. The van der Waals surface area contributed by atoms with Crippen LogP contribution in [-0.2, 0) is 0 Å². The molecule has 0 aliphatic heterocycles. The van der Waals surface area contributed by atoms with Gasteiger partial charge in [-0.1, -0.05) is 5.57 Å². The van der Waals surface area contributed by atoms with Gasteiger partial charge in [-0.2, -0.15) is 0 Å². The Morgan fingerprint density at radius 1 is 1.26 bits per heavy atom. The molecule has 2 rings (SSSR count). The molecule has 102 valence electrons. The molecular formula is C15H20N2O2. The number of hydrogen-bond acceptors (Lipinski definition) is 2. The lowest BCUT2D eigenvalue weighted by Gasteiger charge is -2.07. The number of allylic oxidation sites excluding steroid dienone is 1. The van der Waals surface area contributed by atoms with Crippen LogP contribution in [0.15, 0.2) is 36.0 Å². The number of urea groups is 1. The third kappa shape index (κ3) is 4.32. The summed E-state index contributed by atoms with van der Waals surface area (Å²) in [5.41, 5.74) is 2.08. The SMILES string of the molecule is CCOc1ccc(NC(=O)NC=C2CCCC2)cc1. The molecule has 0 radical (unpaired) electrons. The molecule has 0 bridgehead atoms. The van der Waals surface area contributed by atoms with Crippen molar-refractivity contribution >= 4 is 11.7 Å². The van der Waals surface area contributed by atoms with E-state index >= 15 is 0 Å². The standard InChI is InChI=1S/C15H20N2O2/c1-2-19-14-9-7-13(8-10-14)17-15(18)16-11-12-5-3-4-6-12/h7-11H,2-6H2,1H3,(H2,16,17,18). The molecule has 0 aromatic heterocycles. The summed E-state index contributed by atoms with van der Waals surface area (Å²) in [5, 5.41) is 5.55. The van der Waals surface area contributed by atoms with Gasteiger partial charge in [-0.05, 0) is 56.9 Å². The maximum absolute atomic E-state index is 11.7. The molecule has 1 aliphatic carbocycles. The van der Waals surface area contributed by atoms with E-state index in [0.29, 0.717) is 6.61 Å². The monoisotopic (exact) mass is 260 g/mol. The highest BCUT2D eigenvalue weighted by Crippen LogP contribution is 2.22. The lowest BCUT2D eigenvalue weighted by atomic mass is 10.2. The van der Waals surface area contributed by atoms with Crippen LogP contribution >= 0.6 is 0 Å². The predicted molar refractivity (Wildman–Crippen MR) is 76.3 cm³/mol. The van der Waals surface area contributed by atoms with Crippen molar-refractivity contribution in [2.75, 3.05) is 11.9 Å². The third-order valence-electron chi connectivity index (χ3n) is 3.08. The van der Waals surface area contributed by atoms with E-state index in [4.69, 9.17) is 4.74 Å². The smallest absolute Gasteiger partial charge is 0.323 e. The topological polar surface area (TPSA) is 50.4 Å². The van der Waals surface area contributed by atoms with Crippen LogP contribution in [0, 0.1) is 0 Å². The molecule has 2 N–H and O–H groups in total. The van der Waals surface area contributed by atoms with Crippen molar-refractivity contribution < 1.29 is 9.53 Å². The average Bonchev–Trinajstić information content (AvgIpc) is 2.92. The van der Waals surface area contributed by atoms with Gasteiger partial charge < -0.3 is 15.4 Å². The molecule has 19 heavy (non-hydrogen) atoms. The molecule has 0 unspecified atom stereocenters. The minimum absolute atomic E-state index is 0.205. The second kappa shape index (κ2) is 6.83. The van der Waals surface area contributed by atoms with Crippen LogP contribution in [-0.4, -0.2) is 12.6 Å². The van der Waals surface area contributed by atoms with Crippen LogP contribution in [0.25, 0.3) is 0 Å². The zero-order valence-electron chi connectivity index (χ0n) is 11.2. The van der Waals surface area contributed by atoms with E-state index in [-0.39, 0.29) is 6.03 Å². The van der Waals surface area contributed by atoms with Crippen LogP contribution in [0.2, 0.25) is 0 Å². The largest absolute Gasteiger partial charge is 0.494 e. The Morgan fingerprint density at radius 3 is 2.58 bits per heavy atom. The van der Waals surface area contributed by atoms with Gasteiger partial charge in [-0.3, -0.25) is 0 Å². The summed E-state index contributed by atoms with van der Waals surface area (Å²) in [6.45, 7) is 2.58. The highest BCUT2D eigenvalue weighted by atomic mass is 16.5. The predicted octanol–water partition coefficient (Wildman–Crippen LogP) is 3.66. The molecule has 0 spiro atoms. The summed E-state index contributed by atoms with van der Waals surface area (Å²) in [5.74, 6) is 0.807. The number of anilines is 1. The van der Waals surface area contributed by atoms with Gasteiger partial charge in [0.05, 0.1) is 6.61 Å². The zero-order valence-corrected chi connectivity index (χ0v) is 11.2. The van der Waals surface area contributed by atoms with Gasteiger partial charge in [0, 0.05) is 11.9 Å². The molecule has 1 fully saturated rings. The molecule has 1 saturated carbocycles. The Balaban J connectivity index is 1.82. The quantitative estimate of drug-likeness (QED) is 0.868. The Hall–Kier alpha value is -1.97. The number of ether oxygens (including phenoxy) is 1. The molecule has 1 aromatic rings. The number of nitrogens with one attached hydrogen (secondary N) is 2. The molecule has 0 atom stereocenters. The summed E-state index contributed by atoms with van der Waals surface area (Å²) in [6.07, 6.45) is 6.49. The first-order valence-electron chi connectivity index (χ1n) is 6.76. The van der Waals surface area contributed by atoms with Gasteiger partial charge in [-0.25, -0.2) is 4.79 Å². The van der Waals surface area contributed by atoms with Crippen molar-refractivity contribution in [3.63, 3.8) is 0 Å². The van der Waals surface area contributed by atoms with Crippen LogP contribution < -0.4 is 15.4 Å². The molecule has 0 heterocycles. The highest BCUT2D eigenvalue weighted by Gasteiger charge is 2.07. The van der Waals surface area contributed by atoms with Gasteiger partial charge in [0.15, 0.2) is 0 Å². The maximum Gasteiger partial charge on any atom is 0.323 e. The minimum atomic E-state index is -0.205. The van der Waals surface area contributed by atoms with Gasteiger partial charge >= 0.3 is 6.03 Å². The minimum Gasteiger partial charge on any atom is -0.494 e.